The Labute approximate surface area is 152 Å². The predicted octanol–water partition coefficient (Wildman–Crippen LogP) is 4.31. The molecule has 0 bridgehead atoms. The van der Waals surface area contributed by atoms with Gasteiger partial charge in [-0.25, -0.2) is 4.79 Å². The molecule has 0 saturated carbocycles. The van der Waals surface area contributed by atoms with Crippen LogP contribution in [0.4, 0.5) is 5.69 Å². The standard InChI is InChI=1S/C18H19ClN2O2S/c1-3-23-17(22)15-5-4-6-16(12(15)2)21-18(24)20-11-13-7-9-14(19)10-8-13/h4-10H,3,11H2,1-2H3,(H2,20,21,24). The molecule has 2 N–H and O–H groups in total. The minimum atomic E-state index is -0.335. The maximum atomic E-state index is 11.9. The lowest BCUT2D eigenvalue weighted by Crippen LogP contribution is -2.28. The number of rotatable bonds is 5. The van der Waals surface area contributed by atoms with Gasteiger partial charge in [0.1, 0.15) is 0 Å². The van der Waals surface area contributed by atoms with Crippen LogP contribution in [0.5, 0.6) is 0 Å². The van der Waals surface area contributed by atoms with Gasteiger partial charge in [-0.05, 0) is 61.5 Å². The second kappa shape index (κ2) is 8.66. The number of hydrogen-bond donors (Lipinski definition) is 2. The van der Waals surface area contributed by atoms with E-state index in [-0.39, 0.29) is 5.97 Å². The summed E-state index contributed by atoms with van der Waals surface area (Å²) >= 11 is 11.2. The van der Waals surface area contributed by atoms with E-state index in [1.54, 1.807) is 19.1 Å². The zero-order valence-electron chi connectivity index (χ0n) is 13.6. The number of thiocarbonyl (C=S) groups is 1. The Morgan fingerprint density at radius 1 is 1.21 bits per heavy atom. The topological polar surface area (TPSA) is 50.4 Å². The van der Waals surface area contributed by atoms with Gasteiger partial charge in [0.25, 0.3) is 0 Å². The minimum absolute atomic E-state index is 0.335. The summed E-state index contributed by atoms with van der Waals surface area (Å²) in [6.07, 6.45) is 0. The number of carbonyl (C=O) groups is 1. The van der Waals surface area contributed by atoms with E-state index < -0.39 is 0 Å². The highest BCUT2D eigenvalue weighted by atomic mass is 35.5. The van der Waals surface area contributed by atoms with Gasteiger partial charge in [-0.1, -0.05) is 29.8 Å². The van der Waals surface area contributed by atoms with Crippen molar-refractivity contribution < 1.29 is 9.53 Å². The number of ether oxygens (including phenoxy) is 1. The molecule has 0 aliphatic rings. The molecule has 0 saturated heterocycles. The molecule has 2 aromatic rings. The van der Waals surface area contributed by atoms with E-state index in [0.717, 1.165) is 16.8 Å². The number of benzene rings is 2. The number of anilines is 1. The van der Waals surface area contributed by atoms with Gasteiger partial charge in [0.05, 0.1) is 12.2 Å². The van der Waals surface area contributed by atoms with Crippen molar-refractivity contribution in [3.63, 3.8) is 0 Å². The lowest BCUT2D eigenvalue weighted by atomic mass is 10.1. The third-order valence-electron chi connectivity index (χ3n) is 3.44. The summed E-state index contributed by atoms with van der Waals surface area (Å²) < 4.78 is 5.06. The molecule has 0 fully saturated rings. The SMILES string of the molecule is CCOC(=O)c1cccc(NC(=S)NCc2ccc(Cl)cc2)c1C. The van der Waals surface area contributed by atoms with Crippen molar-refractivity contribution in [3.8, 4) is 0 Å². The Hall–Kier alpha value is -2.11. The summed E-state index contributed by atoms with van der Waals surface area (Å²) in [5.41, 5.74) is 3.17. The van der Waals surface area contributed by atoms with E-state index in [4.69, 9.17) is 28.6 Å². The molecule has 0 aliphatic heterocycles. The fraction of sp³-hybridized carbons (Fsp3) is 0.222. The number of hydrogen-bond acceptors (Lipinski definition) is 3. The zero-order valence-corrected chi connectivity index (χ0v) is 15.1. The molecule has 126 valence electrons. The van der Waals surface area contributed by atoms with Crippen molar-refractivity contribution in [2.45, 2.75) is 20.4 Å². The van der Waals surface area contributed by atoms with Crippen LogP contribution in [0.3, 0.4) is 0 Å². The highest BCUT2D eigenvalue weighted by molar-refractivity contribution is 7.80. The minimum Gasteiger partial charge on any atom is -0.462 e. The Morgan fingerprint density at radius 3 is 2.58 bits per heavy atom. The van der Waals surface area contributed by atoms with Crippen molar-refractivity contribution >= 4 is 40.6 Å². The molecule has 6 heteroatoms. The number of halogens is 1. The average molecular weight is 363 g/mol. The normalized spacial score (nSPS) is 10.1. The molecule has 0 unspecified atom stereocenters. The fourth-order valence-corrected chi connectivity index (χ4v) is 2.46. The number of carbonyl (C=O) groups excluding carboxylic acids is 1. The Kier molecular flexibility index (Phi) is 6.58. The smallest absolute Gasteiger partial charge is 0.338 e. The zero-order chi connectivity index (χ0) is 17.5. The summed E-state index contributed by atoms with van der Waals surface area (Å²) in [6.45, 7) is 4.57. The van der Waals surface area contributed by atoms with E-state index >= 15 is 0 Å². The lowest BCUT2D eigenvalue weighted by Gasteiger charge is -2.14. The molecule has 0 atom stereocenters. The van der Waals surface area contributed by atoms with Gasteiger partial charge in [0.2, 0.25) is 0 Å². The van der Waals surface area contributed by atoms with Crippen LogP contribution in [-0.4, -0.2) is 17.7 Å². The van der Waals surface area contributed by atoms with Crippen LogP contribution in [0.15, 0.2) is 42.5 Å². The van der Waals surface area contributed by atoms with Gasteiger partial charge in [0, 0.05) is 17.3 Å². The summed E-state index contributed by atoms with van der Waals surface area (Å²) in [4.78, 5) is 11.9. The number of esters is 1. The molecule has 0 radical (unpaired) electrons. The van der Waals surface area contributed by atoms with Gasteiger partial charge in [-0.2, -0.15) is 0 Å². The second-order valence-electron chi connectivity index (χ2n) is 5.13. The molecular weight excluding hydrogens is 344 g/mol. The first-order valence-electron chi connectivity index (χ1n) is 7.57. The third-order valence-corrected chi connectivity index (χ3v) is 3.94. The fourth-order valence-electron chi connectivity index (χ4n) is 2.15. The summed E-state index contributed by atoms with van der Waals surface area (Å²) in [6, 6.07) is 12.9. The van der Waals surface area contributed by atoms with Crippen molar-refractivity contribution in [2.24, 2.45) is 0 Å². The van der Waals surface area contributed by atoms with E-state index in [9.17, 15) is 4.79 Å². The molecule has 0 aromatic heterocycles. The maximum absolute atomic E-state index is 11.9. The molecule has 24 heavy (non-hydrogen) atoms. The summed E-state index contributed by atoms with van der Waals surface area (Å²) in [5.74, 6) is -0.335. The molecule has 0 spiro atoms. The Bertz CT molecular complexity index is 732. The van der Waals surface area contributed by atoms with Gasteiger partial charge >= 0.3 is 5.97 Å². The molecule has 0 amide bonds. The van der Waals surface area contributed by atoms with Crippen LogP contribution >= 0.6 is 23.8 Å². The van der Waals surface area contributed by atoms with Crippen molar-refractivity contribution in [3.05, 3.63) is 64.2 Å². The summed E-state index contributed by atoms with van der Waals surface area (Å²) in [5, 5.41) is 7.43. The van der Waals surface area contributed by atoms with Gasteiger partial charge in [-0.3, -0.25) is 0 Å². The largest absolute Gasteiger partial charge is 0.462 e. The third kappa shape index (κ3) is 4.94. The van der Waals surface area contributed by atoms with Crippen LogP contribution in [0, 0.1) is 6.92 Å². The molecule has 0 aliphatic carbocycles. The Morgan fingerprint density at radius 2 is 1.92 bits per heavy atom. The lowest BCUT2D eigenvalue weighted by molar-refractivity contribution is 0.0525. The predicted molar refractivity (Wildman–Crippen MR) is 102 cm³/mol. The first-order chi connectivity index (χ1) is 11.5. The summed E-state index contributed by atoms with van der Waals surface area (Å²) in [7, 11) is 0. The highest BCUT2D eigenvalue weighted by Crippen LogP contribution is 2.20. The molecule has 2 aromatic carbocycles. The number of nitrogens with one attached hydrogen (secondary N) is 2. The molecular formula is C18H19ClN2O2S. The van der Waals surface area contributed by atoms with E-state index in [0.29, 0.717) is 28.9 Å². The quantitative estimate of drug-likeness (QED) is 0.613. The molecule has 2 rings (SSSR count). The van der Waals surface area contributed by atoms with Crippen LogP contribution < -0.4 is 10.6 Å². The van der Waals surface area contributed by atoms with Crippen molar-refractivity contribution in [1.82, 2.24) is 5.32 Å². The highest BCUT2D eigenvalue weighted by Gasteiger charge is 2.13. The van der Waals surface area contributed by atoms with Crippen LogP contribution in [0.1, 0.15) is 28.4 Å². The van der Waals surface area contributed by atoms with E-state index in [1.807, 2.05) is 37.3 Å². The van der Waals surface area contributed by atoms with Gasteiger partial charge < -0.3 is 15.4 Å². The average Bonchev–Trinajstić information content (AvgIpc) is 2.56. The molecule has 0 heterocycles. The maximum Gasteiger partial charge on any atom is 0.338 e. The first kappa shape index (κ1) is 18.2. The van der Waals surface area contributed by atoms with Crippen molar-refractivity contribution in [2.75, 3.05) is 11.9 Å². The van der Waals surface area contributed by atoms with Crippen LogP contribution in [0.2, 0.25) is 5.02 Å². The van der Waals surface area contributed by atoms with Crippen LogP contribution in [0.25, 0.3) is 0 Å². The first-order valence-corrected chi connectivity index (χ1v) is 8.36. The van der Waals surface area contributed by atoms with Crippen molar-refractivity contribution in [1.29, 1.82) is 0 Å². The van der Waals surface area contributed by atoms with E-state index in [1.165, 1.54) is 0 Å². The monoisotopic (exact) mass is 362 g/mol. The van der Waals surface area contributed by atoms with Crippen LogP contribution in [-0.2, 0) is 11.3 Å². The second-order valence-corrected chi connectivity index (χ2v) is 5.98. The van der Waals surface area contributed by atoms with E-state index in [2.05, 4.69) is 10.6 Å². The Balaban J connectivity index is 1.99. The van der Waals surface area contributed by atoms with Gasteiger partial charge in [-0.15, -0.1) is 0 Å². The van der Waals surface area contributed by atoms with Gasteiger partial charge in [0.15, 0.2) is 5.11 Å². The molecule has 4 nitrogen and oxygen atoms in total.